The number of carbonyl (C=O) groups is 1. The smallest absolute Gasteiger partial charge is 0.381 e. The van der Waals surface area contributed by atoms with Crippen LogP contribution in [0.5, 0.6) is 0 Å². The van der Waals surface area contributed by atoms with E-state index in [-0.39, 0.29) is 22.9 Å². The highest BCUT2D eigenvalue weighted by Gasteiger charge is 2.32. The highest BCUT2D eigenvalue weighted by atomic mass is 32.2. The molecule has 0 aliphatic carbocycles. The number of amides is 1. The number of sulfone groups is 1. The van der Waals surface area contributed by atoms with Gasteiger partial charge in [-0.3, -0.25) is 9.78 Å². The number of fused-ring (bicyclic) bond motifs is 1. The summed E-state index contributed by atoms with van der Waals surface area (Å²) in [6.07, 6.45) is -2.22. The Morgan fingerprint density at radius 2 is 1.78 bits per heavy atom. The number of anilines is 2. The highest BCUT2D eigenvalue weighted by Crippen LogP contribution is 2.32. The summed E-state index contributed by atoms with van der Waals surface area (Å²) < 4.78 is 78.4. The first kappa shape index (κ1) is 25.0. The normalized spacial score (nSPS) is 12.0. The number of halogens is 4. The number of hydrogen-bond donors (Lipinski definition) is 1. The van der Waals surface area contributed by atoms with Crippen LogP contribution in [-0.2, 0) is 22.6 Å². The fraction of sp³-hybridized carbons (Fsp3) is 0.125. The summed E-state index contributed by atoms with van der Waals surface area (Å²) in [5.41, 5.74) is 4.76. The fourth-order valence-electron chi connectivity index (χ4n) is 3.61. The van der Waals surface area contributed by atoms with E-state index in [0.29, 0.717) is 28.7 Å². The molecule has 0 fully saturated rings. The zero-order valence-corrected chi connectivity index (χ0v) is 19.4. The Hall–Kier alpha value is -4.06. The van der Waals surface area contributed by atoms with Gasteiger partial charge in [-0.25, -0.2) is 17.8 Å². The third-order valence-electron chi connectivity index (χ3n) is 5.32. The van der Waals surface area contributed by atoms with Crippen LogP contribution in [-0.4, -0.2) is 30.5 Å². The van der Waals surface area contributed by atoms with E-state index in [1.165, 1.54) is 42.5 Å². The first-order valence-corrected chi connectivity index (χ1v) is 12.2. The Morgan fingerprint density at radius 1 is 1.06 bits per heavy atom. The number of pyridine rings is 2. The third kappa shape index (κ3) is 5.13. The summed E-state index contributed by atoms with van der Waals surface area (Å²) in [5.74, 6) is -1.94. The van der Waals surface area contributed by atoms with Crippen LogP contribution < -0.4 is 10.6 Å². The van der Waals surface area contributed by atoms with Gasteiger partial charge in [-0.05, 0) is 35.9 Å². The maximum Gasteiger partial charge on any atom is 0.417 e. The van der Waals surface area contributed by atoms with Crippen molar-refractivity contribution in [1.29, 1.82) is 0 Å². The quantitative estimate of drug-likeness (QED) is 0.387. The third-order valence-corrected chi connectivity index (χ3v) is 6.46. The largest absolute Gasteiger partial charge is 0.417 e. The van der Waals surface area contributed by atoms with Gasteiger partial charge in [-0.1, -0.05) is 24.3 Å². The molecule has 36 heavy (non-hydrogen) atoms. The molecule has 2 aromatic heterocycles. The zero-order valence-electron chi connectivity index (χ0n) is 18.6. The lowest BCUT2D eigenvalue weighted by atomic mass is 10.1. The number of aromatic nitrogens is 2. The number of nitrogens with two attached hydrogens (primary N) is 1. The Bertz CT molecular complexity index is 1590. The second-order valence-electron chi connectivity index (χ2n) is 7.97. The van der Waals surface area contributed by atoms with Gasteiger partial charge in [0.25, 0.3) is 5.91 Å². The van der Waals surface area contributed by atoms with Crippen molar-refractivity contribution in [2.75, 3.05) is 16.9 Å². The maximum atomic E-state index is 13.8. The van der Waals surface area contributed by atoms with E-state index in [4.69, 9.17) is 5.73 Å². The monoisotopic (exact) mass is 518 g/mol. The summed E-state index contributed by atoms with van der Waals surface area (Å²) in [6.45, 7) is -0.240. The van der Waals surface area contributed by atoms with Crippen LogP contribution in [0.1, 0.15) is 21.5 Å². The number of rotatable bonds is 5. The van der Waals surface area contributed by atoms with E-state index >= 15 is 0 Å². The summed E-state index contributed by atoms with van der Waals surface area (Å²) in [7, 11) is -3.82. The zero-order chi connectivity index (χ0) is 26.3. The second-order valence-corrected chi connectivity index (χ2v) is 9.96. The summed E-state index contributed by atoms with van der Waals surface area (Å²) in [4.78, 5) is 21.9. The predicted molar refractivity (Wildman–Crippen MR) is 125 cm³/mol. The average molecular weight is 518 g/mol. The molecular formula is C24H18F4N4O3S. The summed E-state index contributed by atoms with van der Waals surface area (Å²) in [6, 6.07) is 12.1. The van der Waals surface area contributed by atoms with Crippen LogP contribution in [0.4, 0.5) is 29.1 Å². The molecule has 0 spiro atoms. The van der Waals surface area contributed by atoms with E-state index in [1.807, 2.05) is 0 Å². The van der Waals surface area contributed by atoms with Crippen molar-refractivity contribution in [1.82, 2.24) is 9.97 Å². The summed E-state index contributed by atoms with van der Waals surface area (Å²) >= 11 is 0. The first-order valence-electron chi connectivity index (χ1n) is 10.3. The lowest BCUT2D eigenvalue weighted by molar-refractivity contribution is -0.137. The molecule has 186 valence electrons. The molecule has 0 unspecified atom stereocenters. The van der Waals surface area contributed by atoms with Gasteiger partial charge in [-0.15, -0.1) is 0 Å². The van der Waals surface area contributed by atoms with Crippen molar-refractivity contribution >= 4 is 38.2 Å². The van der Waals surface area contributed by atoms with Gasteiger partial charge in [0, 0.05) is 24.0 Å². The molecule has 4 rings (SSSR count). The lowest BCUT2D eigenvalue weighted by Gasteiger charge is -2.25. The molecule has 12 heteroatoms. The average Bonchev–Trinajstić information content (AvgIpc) is 2.82. The molecule has 4 aromatic rings. The SMILES string of the molecule is CS(=O)(=O)c1ccccc1N(Cc1ccc2cc(F)c(N)nc2c1)C(=O)c1cncc(C(F)(F)F)c1. The van der Waals surface area contributed by atoms with Crippen molar-refractivity contribution in [3.8, 4) is 0 Å². The van der Waals surface area contributed by atoms with Crippen molar-refractivity contribution in [3.05, 3.63) is 89.5 Å². The van der Waals surface area contributed by atoms with Crippen LogP contribution >= 0.6 is 0 Å². The molecule has 0 radical (unpaired) electrons. The van der Waals surface area contributed by atoms with Gasteiger partial charge in [-0.2, -0.15) is 13.2 Å². The molecule has 0 bridgehead atoms. The molecule has 2 heterocycles. The van der Waals surface area contributed by atoms with Crippen LogP contribution in [0.3, 0.4) is 0 Å². The number of benzene rings is 2. The topological polar surface area (TPSA) is 106 Å². The minimum Gasteiger partial charge on any atom is -0.381 e. The molecule has 0 saturated carbocycles. The molecular weight excluding hydrogens is 500 g/mol. The Morgan fingerprint density at radius 3 is 2.47 bits per heavy atom. The van der Waals surface area contributed by atoms with Gasteiger partial charge in [0.05, 0.1) is 33.8 Å². The van der Waals surface area contributed by atoms with Crippen LogP contribution in [0.15, 0.2) is 71.9 Å². The summed E-state index contributed by atoms with van der Waals surface area (Å²) in [5, 5.41) is 0.432. The lowest BCUT2D eigenvalue weighted by Crippen LogP contribution is -2.32. The van der Waals surface area contributed by atoms with Gasteiger partial charge >= 0.3 is 6.18 Å². The van der Waals surface area contributed by atoms with E-state index in [1.54, 1.807) is 6.07 Å². The number of carbonyl (C=O) groups excluding carboxylic acids is 1. The fourth-order valence-corrected chi connectivity index (χ4v) is 4.49. The number of para-hydroxylation sites is 1. The predicted octanol–water partition coefficient (Wildman–Crippen LogP) is 4.62. The standard InChI is InChI=1S/C24H18F4N4O3S/c1-36(34,35)21-5-3-2-4-20(21)32(23(33)16-9-17(12-30-11-16)24(26,27)28)13-14-6-7-15-10-18(25)22(29)31-19(15)8-14/h2-12H,13H2,1H3,(H2,29,31). The second kappa shape index (κ2) is 9.19. The molecule has 2 aromatic carbocycles. The van der Waals surface area contributed by atoms with Gasteiger partial charge in [0.2, 0.25) is 0 Å². The van der Waals surface area contributed by atoms with Crippen molar-refractivity contribution < 1.29 is 30.8 Å². The van der Waals surface area contributed by atoms with Crippen molar-refractivity contribution in [2.24, 2.45) is 0 Å². The molecule has 0 atom stereocenters. The highest BCUT2D eigenvalue weighted by molar-refractivity contribution is 7.90. The van der Waals surface area contributed by atoms with E-state index in [0.717, 1.165) is 17.4 Å². The molecule has 0 saturated heterocycles. The minimum absolute atomic E-state index is 0.0333. The molecule has 1 amide bonds. The maximum absolute atomic E-state index is 13.8. The van der Waals surface area contributed by atoms with Crippen molar-refractivity contribution in [3.63, 3.8) is 0 Å². The van der Waals surface area contributed by atoms with Crippen LogP contribution in [0.25, 0.3) is 10.9 Å². The van der Waals surface area contributed by atoms with Gasteiger partial charge in [0.15, 0.2) is 21.5 Å². The van der Waals surface area contributed by atoms with Gasteiger partial charge in [0.1, 0.15) is 0 Å². The molecule has 0 aliphatic rings. The van der Waals surface area contributed by atoms with Crippen molar-refractivity contribution in [2.45, 2.75) is 17.6 Å². The van der Waals surface area contributed by atoms with E-state index in [9.17, 15) is 30.8 Å². The van der Waals surface area contributed by atoms with E-state index < -0.39 is 38.9 Å². The number of nitrogen functional groups attached to an aromatic ring is 1. The minimum atomic E-state index is -4.74. The van der Waals surface area contributed by atoms with Crippen LogP contribution in [0.2, 0.25) is 0 Å². The number of hydrogen-bond acceptors (Lipinski definition) is 6. The number of nitrogens with zero attached hydrogens (tertiary/aromatic N) is 3. The van der Waals surface area contributed by atoms with Gasteiger partial charge < -0.3 is 10.6 Å². The Balaban J connectivity index is 1.85. The van der Waals surface area contributed by atoms with Crippen LogP contribution in [0, 0.1) is 5.82 Å². The molecule has 0 aliphatic heterocycles. The first-order chi connectivity index (χ1) is 16.8. The van der Waals surface area contributed by atoms with E-state index in [2.05, 4.69) is 9.97 Å². The Kier molecular flexibility index (Phi) is 6.39. The molecule has 2 N–H and O–H groups in total. The Labute approximate surface area is 203 Å². The number of alkyl halides is 3. The molecule has 7 nitrogen and oxygen atoms in total.